The van der Waals surface area contributed by atoms with Crippen molar-refractivity contribution in [2.24, 2.45) is 0 Å². The van der Waals surface area contributed by atoms with Gasteiger partial charge in [-0.25, -0.2) is 4.79 Å². The number of ether oxygens (including phenoxy) is 1. The molecule has 0 aromatic rings. The summed E-state index contributed by atoms with van der Waals surface area (Å²) in [5.41, 5.74) is 0. The zero-order chi connectivity index (χ0) is 8.20. The summed E-state index contributed by atoms with van der Waals surface area (Å²) in [4.78, 5) is 10.8. The van der Waals surface area contributed by atoms with Crippen molar-refractivity contribution in [3.63, 3.8) is 0 Å². The molecule has 0 fully saturated rings. The number of halogens is 4. The predicted octanol–water partition coefficient (Wildman–Crippen LogP) is 2.76. The summed E-state index contributed by atoms with van der Waals surface area (Å²) in [5.74, 6) is -0.396. The molecular weight excluding hydrogens is 400 g/mol. The van der Waals surface area contributed by atoms with E-state index in [-0.39, 0.29) is 0 Å². The SMILES string of the molecule is O=C(OCCBr)C(Br)(Br)Br. The Morgan fingerprint density at radius 3 is 2.20 bits per heavy atom. The van der Waals surface area contributed by atoms with Crippen LogP contribution in [0.5, 0.6) is 0 Å². The molecule has 0 radical (unpaired) electrons. The average Bonchev–Trinajstić information content (AvgIpc) is 1.80. The Hall–Kier alpha value is 1.39. The molecule has 0 bridgehead atoms. The second kappa shape index (κ2) is 5.11. The third-order valence-electron chi connectivity index (χ3n) is 0.542. The van der Waals surface area contributed by atoms with Crippen molar-refractivity contribution in [2.45, 2.75) is 2.14 Å². The molecule has 0 aliphatic carbocycles. The van der Waals surface area contributed by atoms with Crippen molar-refractivity contribution in [3.8, 4) is 0 Å². The van der Waals surface area contributed by atoms with Crippen LogP contribution < -0.4 is 0 Å². The lowest BCUT2D eigenvalue weighted by molar-refractivity contribution is -0.140. The lowest BCUT2D eigenvalue weighted by atomic mass is 10.8. The maximum absolute atomic E-state index is 10.8. The van der Waals surface area contributed by atoms with Crippen LogP contribution in [0, 0.1) is 0 Å². The van der Waals surface area contributed by atoms with E-state index in [2.05, 4.69) is 63.7 Å². The first kappa shape index (κ1) is 11.4. The molecule has 0 heterocycles. The van der Waals surface area contributed by atoms with Gasteiger partial charge in [0, 0.05) is 5.33 Å². The Kier molecular flexibility index (Phi) is 5.82. The second-order valence-corrected chi connectivity index (χ2v) is 8.88. The standard InChI is InChI=1S/C4H4Br4O2/c5-1-2-10-3(9)4(6,7)8/h1-2H2. The van der Waals surface area contributed by atoms with E-state index in [9.17, 15) is 4.79 Å². The highest BCUT2D eigenvalue weighted by molar-refractivity contribution is 9.40. The van der Waals surface area contributed by atoms with E-state index in [1.807, 2.05) is 0 Å². The molecule has 0 spiro atoms. The summed E-state index contributed by atoms with van der Waals surface area (Å²) < 4.78 is 3.79. The van der Waals surface area contributed by atoms with Crippen LogP contribution in [0.1, 0.15) is 0 Å². The summed E-state index contributed by atoms with van der Waals surface area (Å²) in [5, 5.41) is 0.641. The van der Waals surface area contributed by atoms with Crippen molar-refractivity contribution < 1.29 is 9.53 Å². The van der Waals surface area contributed by atoms with E-state index in [1.54, 1.807) is 0 Å². The first-order chi connectivity index (χ1) is 4.48. The maximum Gasteiger partial charge on any atom is 0.344 e. The maximum atomic E-state index is 10.8. The van der Waals surface area contributed by atoms with Crippen LogP contribution in [-0.4, -0.2) is 20.0 Å². The van der Waals surface area contributed by atoms with Gasteiger partial charge in [0.1, 0.15) is 6.61 Å². The topological polar surface area (TPSA) is 26.3 Å². The van der Waals surface area contributed by atoms with Gasteiger partial charge in [-0.05, 0) is 47.8 Å². The summed E-state index contributed by atoms with van der Waals surface area (Å²) in [7, 11) is 0. The van der Waals surface area contributed by atoms with Gasteiger partial charge in [0.2, 0.25) is 2.14 Å². The molecular formula is C4H4Br4O2. The molecule has 0 unspecified atom stereocenters. The predicted molar refractivity (Wildman–Crippen MR) is 54.3 cm³/mol. The molecule has 0 aliphatic heterocycles. The van der Waals surface area contributed by atoms with Gasteiger partial charge < -0.3 is 4.74 Å². The number of carbonyl (C=O) groups excluding carboxylic acids is 1. The quantitative estimate of drug-likeness (QED) is 0.523. The van der Waals surface area contributed by atoms with E-state index >= 15 is 0 Å². The zero-order valence-corrected chi connectivity index (χ0v) is 11.1. The number of rotatable bonds is 2. The molecule has 0 aromatic heterocycles. The Morgan fingerprint density at radius 2 is 1.90 bits per heavy atom. The summed E-state index contributed by atoms with van der Waals surface area (Å²) in [6.45, 7) is 0.364. The first-order valence-corrected chi connectivity index (χ1v) is 5.78. The minimum absolute atomic E-state index is 0.364. The summed E-state index contributed by atoms with van der Waals surface area (Å²) >= 11 is 12.2. The van der Waals surface area contributed by atoms with Gasteiger partial charge in [-0.1, -0.05) is 15.9 Å². The van der Waals surface area contributed by atoms with Gasteiger partial charge in [0.15, 0.2) is 0 Å². The van der Waals surface area contributed by atoms with Crippen LogP contribution in [0.4, 0.5) is 0 Å². The van der Waals surface area contributed by atoms with E-state index in [4.69, 9.17) is 4.74 Å². The molecule has 0 amide bonds. The molecule has 60 valence electrons. The van der Waals surface area contributed by atoms with Gasteiger partial charge in [-0.3, -0.25) is 0 Å². The van der Waals surface area contributed by atoms with Gasteiger partial charge in [0.25, 0.3) is 0 Å². The van der Waals surface area contributed by atoms with Gasteiger partial charge in [0.05, 0.1) is 0 Å². The molecule has 2 nitrogen and oxygen atoms in total. The highest BCUT2D eigenvalue weighted by atomic mass is 80.0. The van der Waals surface area contributed by atoms with Crippen molar-refractivity contribution >= 4 is 69.7 Å². The van der Waals surface area contributed by atoms with Crippen molar-refractivity contribution in [3.05, 3.63) is 0 Å². The second-order valence-electron chi connectivity index (χ2n) is 1.32. The minimum atomic E-state index is -0.935. The first-order valence-electron chi connectivity index (χ1n) is 2.28. The Balaban J connectivity index is 3.64. The molecule has 10 heavy (non-hydrogen) atoms. The van der Waals surface area contributed by atoms with E-state index in [1.165, 1.54) is 0 Å². The van der Waals surface area contributed by atoms with Crippen LogP contribution in [0.2, 0.25) is 0 Å². The van der Waals surface area contributed by atoms with E-state index in [0.29, 0.717) is 11.9 Å². The number of esters is 1. The third kappa shape index (κ3) is 5.09. The smallest absolute Gasteiger partial charge is 0.344 e. The van der Waals surface area contributed by atoms with Crippen LogP contribution >= 0.6 is 63.7 Å². The average molecular weight is 404 g/mol. The molecule has 0 atom stereocenters. The van der Waals surface area contributed by atoms with Crippen LogP contribution in [0.3, 0.4) is 0 Å². The van der Waals surface area contributed by atoms with Crippen LogP contribution in [0.15, 0.2) is 0 Å². The zero-order valence-electron chi connectivity index (χ0n) is 4.74. The lowest BCUT2D eigenvalue weighted by Gasteiger charge is -2.09. The Morgan fingerprint density at radius 1 is 1.40 bits per heavy atom. The highest BCUT2D eigenvalue weighted by Crippen LogP contribution is 2.34. The van der Waals surface area contributed by atoms with E-state index < -0.39 is 8.11 Å². The molecule has 0 aromatic carbocycles. The Bertz CT molecular complexity index is 119. The van der Waals surface area contributed by atoms with Crippen LogP contribution in [-0.2, 0) is 9.53 Å². The van der Waals surface area contributed by atoms with Gasteiger partial charge in [-0.2, -0.15) is 0 Å². The molecule has 0 rings (SSSR count). The largest absolute Gasteiger partial charge is 0.462 e. The van der Waals surface area contributed by atoms with E-state index in [0.717, 1.165) is 0 Å². The molecule has 0 aliphatic rings. The number of hydrogen-bond donors (Lipinski definition) is 0. The normalized spacial score (nSPS) is 11.2. The molecule has 6 heteroatoms. The fourth-order valence-electron chi connectivity index (χ4n) is 0.213. The summed E-state index contributed by atoms with van der Waals surface area (Å²) in [6.07, 6.45) is 0. The molecule has 0 saturated carbocycles. The van der Waals surface area contributed by atoms with Crippen molar-refractivity contribution in [1.29, 1.82) is 0 Å². The lowest BCUT2D eigenvalue weighted by Crippen LogP contribution is -2.20. The number of alkyl halides is 4. The number of hydrogen-bond acceptors (Lipinski definition) is 2. The molecule has 0 saturated heterocycles. The molecule has 0 N–H and O–H groups in total. The monoisotopic (exact) mass is 400 g/mol. The van der Waals surface area contributed by atoms with Crippen LogP contribution in [0.25, 0.3) is 0 Å². The highest BCUT2D eigenvalue weighted by Gasteiger charge is 2.30. The van der Waals surface area contributed by atoms with Gasteiger partial charge in [-0.15, -0.1) is 0 Å². The number of carbonyl (C=O) groups is 1. The minimum Gasteiger partial charge on any atom is -0.462 e. The summed E-state index contributed by atoms with van der Waals surface area (Å²) in [6, 6.07) is 0. The fourth-order valence-corrected chi connectivity index (χ4v) is 0.718. The van der Waals surface area contributed by atoms with Gasteiger partial charge >= 0.3 is 5.97 Å². The third-order valence-corrected chi connectivity index (χ3v) is 1.84. The van der Waals surface area contributed by atoms with Crippen molar-refractivity contribution in [2.75, 3.05) is 11.9 Å². The fraction of sp³-hybridized carbons (Fsp3) is 0.750. The Labute approximate surface area is 92.6 Å². The van der Waals surface area contributed by atoms with Crippen molar-refractivity contribution in [1.82, 2.24) is 0 Å².